The number of nitrogens with zero attached hydrogens (tertiary/aromatic N) is 2. The summed E-state index contributed by atoms with van der Waals surface area (Å²) in [6, 6.07) is 20.0. The molecule has 0 aliphatic heterocycles. The molecule has 5 aromatic rings. The number of hydrogen-bond acceptors (Lipinski definition) is 8. The molecule has 10 heteroatoms. The smallest absolute Gasteiger partial charge is 0.482 e. The van der Waals surface area contributed by atoms with Gasteiger partial charge in [-0.2, -0.15) is 0 Å². The Hall–Kier alpha value is -4.70. The largest absolute Gasteiger partial charge is 0.515 e. The van der Waals surface area contributed by atoms with E-state index in [1.807, 2.05) is 55.5 Å². The van der Waals surface area contributed by atoms with Crippen LogP contribution in [-0.2, 0) is 24.3 Å². The van der Waals surface area contributed by atoms with E-state index in [9.17, 15) is 19.5 Å². The third-order valence-electron chi connectivity index (χ3n) is 6.38. The number of benzene rings is 2. The molecule has 3 heterocycles. The maximum absolute atomic E-state index is 13.8. The number of hydrogen-bond donors (Lipinski definition) is 1. The van der Waals surface area contributed by atoms with Crippen molar-refractivity contribution in [2.24, 2.45) is 0 Å². The number of carboxylic acids is 1. The van der Waals surface area contributed by atoms with E-state index in [0.717, 1.165) is 21.4 Å². The lowest BCUT2D eigenvalue weighted by atomic mass is 10.1. The van der Waals surface area contributed by atoms with Crippen LogP contribution in [0.25, 0.3) is 21.1 Å². The van der Waals surface area contributed by atoms with Crippen molar-refractivity contribution >= 4 is 44.6 Å². The number of carbonyl (C=O) groups excluding carboxylic acids is 1. The number of fused-ring (bicyclic) bond motifs is 2. The lowest BCUT2D eigenvalue weighted by Gasteiger charge is -2.18. The molecule has 0 aliphatic rings. The van der Waals surface area contributed by atoms with Crippen LogP contribution in [0.15, 0.2) is 71.5 Å². The number of ether oxygens (including phenoxy) is 3. The van der Waals surface area contributed by atoms with E-state index < -0.39 is 23.3 Å². The average molecular weight is 587 g/mol. The molecule has 0 aliphatic carbocycles. The van der Waals surface area contributed by atoms with Crippen molar-refractivity contribution in [3.63, 3.8) is 0 Å². The number of aryl methyl sites for hydroxylation is 1. The Morgan fingerprint density at radius 3 is 2.45 bits per heavy atom. The first-order valence-electron chi connectivity index (χ1n) is 13.4. The Kier molecular flexibility index (Phi) is 8.00. The van der Waals surface area contributed by atoms with Crippen LogP contribution in [0.2, 0.25) is 0 Å². The second-order valence-electron chi connectivity index (χ2n) is 10.7. The van der Waals surface area contributed by atoms with Gasteiger partial charge >= 0.3 is 12.1 Å². The molecule has 0 fully saturated rings. The van der Waals surface area contributed by atoms with E-state index in [4.69, 9.17) is 14.2 Å². The molecule has 9 nitrogen and oxygen atoms in total. The minimum atomic E-state index is -1.21. The maximum Gasteiger partial charge on any atom is 0.515 e. The van der Waals surface area contributed by atoms with Gasteiger partial charge in [0.15, 0.2) is 0 Å². The standard InChI is InChI=1S/C32H30N2O7S/c1-5-22-16-24-28(42-22)26(30(36)37)27(39-18-19-9-7-6-8-10-19)29(35)34(24)17-20-11-13-23-21(15-20)12-14-25(33-23)40-31(38)41-32(2,3)4/h6-16H,5,17-18H2,1-4H3,(H,36,37). The van der Waals surface area contributed by atoms with Crippen molar-refractivity contribution in [2.75, 3.05) is 0 Å². The molecular weight excluding hydrogens is 556 g/mol. The third kappa shape index (κ3) is 6.28. The lowest BCUT2D eigenvalue weighted by molar-refractivity contribution is 0.0197. The fourth-order valence-electron chi connectivity index (χ4n) is 4.49. The zero-order valence-corrected chi connectivity index (χ0v) is 24.5. The van der Waals surface area contributed by atoms with E-state index in [-0.39, 0.29) is 30.3 Å². The van der Waals surface area contributed by atoms with Crippen LogP contribution in [0, 0.1) is 0 Å². The van der Waals surface area contributed by atoms with Gasteiger partial charge in [0, 0.05) is 16.3 Å². The predicted molar refractivity (Wildman–Crippen MR) is 161 cm³/mol. The van der Waals surface area contributed by atoms with E-state index in [0.29, 0.717) is 22.2 Å². The molecule has 3 aromatic heterocycles. The van der Waals surface area contributed by atoms with Crippen molar-refractivity contribution in [1.82, 2.24) is 9.55 Å². The zero-order valence-electron chi connectivity index (χ0n) is 23.7. The van der Waals surface area contributed by atoms with Crippen molar-refractivity contribution in [3.8, 4) is 11.6 Å². The molecule has 42 heavy (non-hydrogen) atoms. The summed E-state index contributed by atoms with van der Waals surface area (Å²) in [5.74, 6) is -1.29. The van der Waals surface area contributed by atoms with Crippen molar-refractivity contribution in [1.29, 1.82) is 0 Å². The van der Waals surface area contributed by atoms with E-state index >= 15 is 0 Å². The lowest BCUT2D eigenvalue weighted by Crippen LogP contribution is -2.26. The van der Waals surface area contributed by atoms with Crippen LogP contribution in [-0.4, -0.2) is 32.4 Å². The molecule has 5 rings (SSSR count). The van der Waals surface area contributed by atoms with Gasteiger partial charge in [-0.15, -0.1) is 11.3 Å². The molecule has 1 N–H and O–H groups in total. The summed E-state index contributed by atoms with van der Waals surface area (Å²) in [6.45, 7) is 7.46. The Morgan fingerprint density at radius 1 is 1.00 bits per heavy atom. The Morgan fingerprint density at radius 2 is 1.76 bits per heavy atom. The molecule has 0 atom stereocenters. The van der Waals surface area contributed by atoms with Gasteiger partial charge < -0.3 is 19.3 Å². The van der Waals surface area contributed by atoms with Crippen molar-refractivity contribution < 1.29 is 28.9 Å². The van der Waals surface area contributed by atoms with Gasteiger partial charge in [0.2, 0.25) is 11.6 Å². The summed E-state index contributed by atoms with van der Waals surface area (Å²) in [7, 11) is 0. The molecule has 2 aromatic carbocycles. The summed E-state index contributed by atoms with van der Waals surface area (Å²) in [6.07, 6.45) is -0.144. The molecule has 216 valence electrons. The Labute approximate surface area is 245 Å². The number of carbonyl (C=O) groups is 2. The minimum absolute atomic E-state index is 0.0588. The number of rotatable bonds is 8. The molecule has 0 bridgehead atoms. The van der Waals surface area contributed by atoms with Crippen LogP contribution >= 0.6 is 11.3 Å². The van der Waals surface area contributed by atoms with Crippen LogP contribution in [0.3, 0.4) is 0 Å². The minimum Gasteiger partial charge on any atom is -0.482 e. The van der Waals surface area contributed by atoms with Crippen LogP contribution in [0.4, 0.5) is 4.79 Å². The second-order valence-corrected chi connectivity index (χ2v) is 11.8. The Bertz CT molecular complexity index is 1850. The van der Waals surface area contributed by atoms with Crippen LogP contribution < -0.4 is 15.0 Å². The van der Waals surface area contributed by atoms with E-state index in [1.54, 1.807) is 43.5 Å². The first-order valence-corrected chi connectivity index (χ1v) is 14.2. The first kappa shape index (κ1) is 28.8. The quantitative estimate of drug-likeness (QED) is 0.197. The van der Waals surface area contributed by atoms with E-state index in [2.05, 4.69) is 4.98 Å². The highest BCUT2D eigenvalue weighted by Gasteiger charge is 2.25. The number of thiophene rings is 1. The van der Waals surface area contributed by atoms with Gasteiger partial charge in [0.25, 0.3) is 5.56 Å². The summed E-state index contributed by atoms with van der Waals surface area (Å²) in [5, 5.41) is 10.9. The van der Waals surface area contributed by atoms with Gasteiger partial charge in [-0.1, -0.05) is 43.3 Å². The topological polar surface area (TPSA) is 117 Å². The summed E-state index contributed by atoms with van der Waals surface area (Å²) >= 11 is 1.35. The number of aromatic nitrogens is 2. The van der Waals surface area contributed by atoms with Gasteiger partial charge in [0.1, 0.15) is 17.8 Å². The average Bonchev–Trinajstić information content (AvgIpc) is 3.37. The van der Waals surface area contributed by atoms with E-state index in [1.165, 1.54) is 11.3 Å². The summed E-state index contributed by atoms with van der Waals surface area (Å²) < 4.78 is 18.4. The Balaban J connectivity index is 1.51. The fourth-order valence-corrected chi connectivity index (χ4v) is 5.62. The molecule has 0 unspecified atom stereocenters. The van der Waals surface area contributed by atoms with Gasteiger partial charge in [-0.3, -0.25) is 9.36 Å². The molecule has 0 amide bonds. The fraction of sp³-hybridized carbons (Fsp3) is 0.250. The van der Waals surface area contributed by atoms with Gasteiger partial charge in [-0.05, 0) is 62.6 Å². The molecule has 0 radical (unpaired) electrons. The second kappa shape index (κ2) is 11.7. The maximum atomic E-state index is 13.8. The molecule has 0 saturated heterocycles. The molecular formula is C32H30N2O7S. The monoisotopic (exact) mass is 586 g/mol. The number of carboxylic acid groups (broad SMARTS) is 1. The van der Waals surface area contributed by atoms with Crippen LogP contribution in [0.5, 0.6) is 11.6 Å². The van der Waals surface area contributed by atoms with Crippen LogP contribution in [0.1, 0.15) is 54.1 Å². The summed E-state index contributed by atoms with van der Waals surface area (Å²) in [4.78, 5) is 43.7. The zero-order chi connectivity index (χ0) is 30.0. The van der Waals surface area contributed by atoms with Crippen molar-refractivity contribution in [3.05, 3.63) is 98.7 Å². The highest BCUT2D eigenvalue weighted by molar-refractivity contribution is 7.19. The number of pyridine rings is 2. The van der Waals surface area contributed by atoms with Gasteiger partial charge in [-0.25, -0.2) is 14.6 Å². The SMILES string of the molecule is CCc1cc2c(s1)c(C(=O)O)c(OCc1ccccc1)c(=O)n2Cc1ccc2nc(OC(=O)OC(C)(C)C)ccc2c1. The number of aromatic carboxylic acids is 1. The predicted octanol–water partition coefficient (Wildman–Crippen LogP) is 6.81. The normalized spacial score (nSPS) is 11.5. The highest BCUT2D eigenvalue weighted by Crippen LogP contribution is 2.33. The summed E-state index contributed by atoms with van der Waals surface area (Å²) in [5.41, 5.74) is 1.43. The first-order chi connectivity index (χ1) is 20.0. The van der Waals surface area contributed by atoms with Crippen molar-refractivity contribution in [2.45, 2.75) is 52.9 Å². The molecule has 0 spiro atoms. The highest BCUT2D eigenvalue weighted by atomic mass is 32.1. The molecule has 0 saturated carbocycles. The third-order valence-corrected chi connectivity index (χ3v) is 7.67. The van der Waals surface area contributed by atoms with Gasteiger partial charge in [0.05, 0.1) is 22.3 Å².